The van der Waals surface area contributed by atoms with Crippen molar-refractivity contribution in [2.24, 2.45) is 0 Å². The lowest BCUT2D eigenvalue weighted by Gasteiger charge is -2.36. The van der Waals surface area contributed by atoms with Crippen molar-refractivity contribution in [2.45, 2.75) is 24.8 Å². The minimum Gasteiger partial charge on any atom is -0.481 e. The molecule has 0 radical (unpaired) electrons. The minimum atomic E-state index is -0.937. The second-order valence-electron chi connectivity index (χ2n) is 5.67. The fourth-order valence-corrected chi connectivity index (χ4v) is 2.89. The summed E-state index contributed by atoms with van der Waals surface area (Å²) < 4.78 is 5.30. The van der Waals surface area contributed by atoms with Crippen LogP contribution >= 0.6 is 0 Å². The average molecular weight is 315 g/mol. The summed E-state index contributed by atoms with van der Waals surface area (Å²) in [5.74, 6) is -1.25. The van der Waals surface area contributed by atoms with Gasteiger partial charge in [0.25, 0.3) is 5.91 Å². The zero-order chi connectivity index (χ0) is 16.3. The highest BCUT2D eigenvalue weighted by atomic mass is 16.5. The number of amides is 1. The Bertz CT molecular complexity index is 736. The van der Waals surface area contributed by atoms with Gasteiger partial charge in [0.15, 0.2) is 0 Å². The first kappa shape index (κ1) is 15.4. The summed E-state index contributed by atoms with van der Waals surface area (Å²) in [7, 11) is 0. The number of nitrogens with zero attached hydrogens (tertiary/aromatic N) is 2. The first-order valence-corrected chi connectivity index (χ1v) is 7.40. The molecule has 0 spiro atoms. The number of pyridine rings is 2. The van der Waals surface area contributed by atoms with Crippen molar-refractivity contribution in [3.05, 3.63) is 36.3 Å². The van der Waals surface area contributed by atoms with Gasteiger partial charge in [-0.15, -0.1) is 0 Å². The lowest BCUT2D eigenvalue weighted by Crippen LogP contribution is -2.53. The van der Waals surface area contributed by atoms with E-state index in [4.69, 9.17) is 4.74 Å². The van der Waals surface area contributed by atoms with Gasteiger partial charge >= 0.3 is 5.97 Å². The maximum Gasteiger partial charge on any atom is 0.305 e. The van der Waals surface area contributed by atoms with Gasteiger partial charge in [-0.1, -0.05) is 0 Å². The fourth-order valence-electron chi connectivity index (χ4n) is 2.89. The smallest absolute Gasteiger partial charge is 0.305 e. The number of carboxylic acids is 1. The molecular weight excluding hydrogens is 298 g/mol. The van der Waals surface area contributed by atoms with E-state index >= 15 is 0 Å². The maximum atomic E-state index is 12.7. The second kappa shape index (κ2) is 6.29. The van der Waals surface area contributed by atoms with E-state index in [1.54, 1.807) is 30.7 Å². The van der Waals surface area contributed by atoms with E-state index in [0.29, 0.717) is 42.5 Å². The molecule has 1 saturated heterocycles. The largest absolute Gasteiger partial charge is 0.481 e. The SMILES string of the molecule is O=C(O)CC1(NC(=O)c2ccnc3ccncc23)CCOCC1. The van der Waals surface area contributed by atoms with Crippen LogP contribution in [0.4, 0.5) is 0 Å². The Labute approximate surface area is 132 Å². The van der Waals surface area contributed by atoms with Crippen LogP contribution in [0.2, 0.25) is 0 Å². The van der Waals surface area contributed by atoms with Crippen LogP contribution in [0.15, 0.2) is 30.7 Å². The molecule has 1 amide bonds. The van der Waals surface area contributed by atoms with Crippen molar-refractivity contribution >= 4 is 22.8 Å². The van der Waals surface area contributed by atoms with Crippen molar-refractivity contribution in [3.63, 3.8) is 0 Å². The van der Waals surface area contributed by atoms with Crippen molar-refractivity contribution in [1.29, 1.82) is 0 Å². The predicted octanol–water partition coefficient (Wildman–Crippen LogP) is 1.38. The van der Waals surface area contributed by atoms with Crippen molar-refractivity contribution in [1.82, 2.24) is 15.3 Å². The number of aromatic nitrogens is 2. The van der Waals surface area contributed by atoms with E-state index in [1.165, 1.54) is 0 Å². The molecule has 1 aliphatic rings. The highest BCUT2D eigenvalue weighted by molar-refractivity contribution is 6.06. The number of rotatable bonds is 4. The van der Waals surface area contributed by atoms with E-state index in [1.807, 2.05) is 0 Å². The van der Waals surface area contributed by atoms with Gasteiger partial charge in [0.2, 0.25) is 0 Å². The molecule has 1 fully saturated rings. The van der Waals surface area contributed by atoms with Gasteiger partial charge in [0.05, 0.1) is 23.0 Å². The molecule has 7 heteroatoms. The first-order valence-electron chi connectivity index (χ1n) is 7.40. The number of carboxylic acid groups (broad SMARTS) is 1. The van der Waals surface area contributed by atoms with Crippen LogP contribution in [0.3, 0.4) is 0 Å². The van der Waals surface area contributed by atoms with Gasteiger partial charge in [-0.25, -0.2) is 0 Å². The minimum absolute atomic E-state index is 0.122. The summed E-state index contributed by atoms with van der Waals surface area (Å²) >= 11 is 0. The molecule has 2 aromatic heterocycles. The number of carbonyl (C=O) groups is 2. The fraction of sp³-hybridized carbons (Fsp3) is 0.375. The highest BCUT2D eigenvalue weighted by Crippen LogP contribution is 2.26. The zero-order valence-electron chi connectivity index (χ0n) is 12.5. The molecule has 23 heavy (non-hydrogen) atoms. The summed E-state index contributed by atoms with van der Waals surface area (Å²) in [6, 6.07) is 3.35. The number of hydrogen-bond acceptors (Lipinski definition) is 5. The maximum absolute atomic E-state index is 12.7. The molecule has 1 aliphatic heterocycles. The molecule has 3 heterocycles. The Morgan fingerprint density at radius 2 is 2.04 bits per heavy atom. The van der Waals surface area contributed by atoms with Gasteiger partial charge < -0.3 is 15.2 Å². The van der Waals surface area contributed by atoms with Crippen LogP contribution < -0.4 is 5.32 Å². The van der Waals surface area contributed by atoms with E-state index in [0.717, 1.165) is 0 Å². The van der Waals surface area contributed by atoms with Crippen molar-refractivity contribution in [2.75, 3.05) is 13.2 Å². The second-order valence-corrected chi connectivity index (χ2v) is 5.67. The molecule has 0 atom stereocenters. The zero-order valence-corrected chi connectivity index (χ0v) is 12.5. The molecule has 2 N–H and O–H groups in total. The van der Waals surface area contributed by atoms with Crippen LogP contribution in [0.1, 0.15) is 29.6 Å². The normalized spacial score (nSPS) is 16.9. The molecule has 0 aromatic carbocycles. The molecule has 0 unspecified atom stereocenters. The van der Waals surface area contributed by atoms with Crippen LogP contribution in [-0.2, 0) is 9.53 Å². The number of carbonyl (C=O) groups excluding carboxylic acids is 1. The molecule has 0 saturated carbocycles. The van der Waals surface area contributed by atoms with E-state index in [-0.39, 0.29) is 12.3 Å². The molecule has 2 aromatic rings. The summed E-state index contributed by atoms with van der Waals surface area (Å²) in [5, 5.41) is 12.7. The molecule has 3 rings (SSSR count). The number of ether oxygens (including phenoxy) is 1. The highest BCUT2D eigenvalue weighted by Gasteiger charge is 2.36. The number of fused-ring (bicyclic) bond motifs is 1. The summed E-state index contributed by atoms with van der Waals surface area (Å²) in [6.45, 7) is 0.873. The van der Waals surface area contributed by atoms with Gasteiger partial charge in [0.1, 0.15) is 0 Å². The summed E-state index contributed by atoms with van der Waals surface area (Å²) in [5.41, 5.74) is 0.338. The van der Waals surface area contributed by atoms with E-state index < -0.39 is 11.5 Å². The molecular formula is C16H17N3O4. The third-order valence-corrected chi connectivity index (χ3v) is 4.11. The Hall–Kier alpha value is -2.54. The van der Waals surface area contributed by atoms with E-state index in [2.05, 4.69) is 15.3 Å². The Morgan fingerprint density at radius 3 is 2.78 bits per heavy atom. The first-order chi connectivity index (χ1) is 11.1. The third-order valence-electron chi connectivity index (χ3n) is 4.11. The van der Waals surface area contributed by atoms with Crippen LogP contribution in [0.5, 0.6) is 0 Å². The topological polar surface area (TPSA) is 101 Å². The predicted molar refractivity (Wildman–Crippen MR) is 82.0 cm³/mol. The van der Waals surface area contributed by atoms with Crippen molar-refractivity contribution in [3.8, 4) is 0 Å². The molecule has 7 nitrogen and oxygen atoms in total. The summed E-state index contributed by atoms with van der Waals surface area (Å²) in [6.07, 6.45) is 5.60. The number of aliphatic carboxylic acids is 1. The molecule has 120 valence electrons. The lowest BCUT2D eigenvalue weighted by molar-refractivity contribution is -0.139. The lowest BCUT2D eigenvalue weighted by atomic mass is 9.86. The van der Waals surface area contributed by atoms with Gasteiger partial charge in [-0.05, 0) is 25.0 Å². The molecule has 0 bridgehead atoms. The summed E-state index contributed by atoms with van der Waals surface area (Å²) in [4.78, 5) is 32.1. The quantitative estimate of drug-likeness (QED) is 0.884. The number of hydrogen-bond donors (Lipinski definition) is 2. The molecule has 0 aliphatic carbocycles. The van der Waals surface area contributed by atoms with Gasteiger partial charge in [0, 0.05) is 37.2 Å². The number of nitrogens with one attached hydrogen (secondary N) is 1. The van der Waals surface area contributed by atoms with Crippen LogP contribution in [-0.4, -0.2) is 45.7 Å². The average Bonchev–Trinajstić information content (AvgIpc) is 2.54. The van der Waals surface area contributed by atoms with Crippen LogP contribution in [0.25, 0.3) is 10.9 Å². The third kappa shape index (κ3) is 3.29. The Balaban J connectivity index is 1.90. The van der Waals surface area contributed by atoms with E-state index in [9.17, 15) is 14.7 Å². The van der Waals surface area contributed by atoms with Gasteiger partial charge in [-0.2, -0.15) is 0 Å². The Morgan fingerprint density at radius 1 is 1.26 bits per heavy atom. The van der Waals surface area contributed by atoms with Crippen molar-refractivity contribution < 1.29 is 19.4 Å². The Kier molecular flexibility index (Phi) is 4.20. The van der Waals surface area contributed by atoms with Crippen LogP contribution in [0, 0.1) is 0 Å². The van der Waals surface area contributed by atoms with Gasteiger partial charge in [-0.3, -0.25) is 19.6 Å². The standard InChI is InChI=1S/C16H17N3O4/c20-14(21)9-16(3-7-23-8-4-16)19-15(22)11-1-6-18-13-2-5-17-10-12(11)13/h1-2,5-6,10H,3-4,7-9H2,(H,19,22)(H,20,21). The monoisotopic (exact) mass is 315 g/mol.